The van der Waals surface area contributed by atoms with E-state index in [1.54, 1.807) is 24.3 Å². The Labute approximate surface area is 190 Å². The van der Waals surface area contributed by atoms with Gasteiger partial charge >= 0.3 is 0 Å². The SMILES string of the molecule is CC(NC(=O)CN1C(=O)/C(=C/c2c(F)cccc2Cl)Oc2ccccc21)c1ccccc1. The molecule has 0 radical (unpaired) electrons. The predicted molar refractivity (Wildman–Crippen MR) is 122 cm³/mol. The predicted octanol–water partition coefficient (Wildman–Crippen LogP) is 5.12. The number of amides is 2. The number of fused-ring (bicyclic) bond motifs is 1. The summed E-state index contributed by atoms with van der Waals surface area (Å²) >= 11 is 6.10. The summed E-state index contributed by atoms with van der Waals surface area (Å²) in [6.07, 6.45) is 1.26. The van der Waals surface area contributed by atoms with E-state index in [-0.39, 0.29) is 34.8 Å². The lowest BCUT2D eigenvalue weighted by atomic mass is 10.1. The summed E-state index contributed by atoms with van der Waals surface area (Å²) in [6, 6.07) is 20.4. The smallest absolute Gasteiger partial charge is 0.294 e. The molecule has 5 nitrogen and oxygen atoms in total. The largest absolute Gasteiger partial charge is 0.449 e. The number of benzene rings is 3. The molecule has 0 bridgehead atoms. The summed E-state index contributed by atoms with van der Waals surface area (Å²) in [5.41, 5.74) is 1.44. The van der Waals surface area contributed by atoms with E-state index < -0.39 is 11.7 Å². The Kier molecular flexibility index (Phi) is 6.23. The van der Waals surface area contributed by atoms with E-state index in [0.717, 1.165) is 5.56 Å². The van der Waals surface area contributed by atoms with Gasteiger partial charge in [0.15, 0.2) is 11.5 Å². The fourth-order valence-electron chi connectivity index (χ4n) is 3.45. The van der Waals surface area contributed by atoms with Gasteiger partial charge in [0.2, 0.25) is 5.91 Å². The number of rotatable bonds is 5. The van der Waals surface area contributed by atoms with Gasteiger partial charge in [0.1, 0.15) is 12.4 Å². The molecule has 1 N–H and O–H groups in total. The fraction of sp³-hybridized carbons (Fsp3) is 0.120. The van der Waals surface area contributed by atoms with Crippen molar-refractivity contribution in [2.45, 2.75) is 13.0 Å². The summed E-state index contributed by atoms with van der Waals surface area (Å²) in [7, 11) is 0. The summed E-state index contributed by atoms with van der Waals surface area (Å²) < 4.78 is 20.0. The van der Waals surface area contributed by atoms with Gasteiger partial charge in [-0.15, -0.1) is 0 Å². The Morgan fingerprint density at radius 1 is 1.09 bits per heavy atom. The summed E-state index contributed by atoms with van der Waals surface area (Å²) in [5.74, 6) is -1.23. The minimum absolute atomic E-state index is 0.0407. The van der Waals surface area contributed by atoms with Gasteiger partial charge < -0.3 is 10.1 Å². The first-order valence-corrected chi connectivity index (χ1v) is 10.4. The van der Waals surface area contributed by atoms with Crippen LogP contribution in [0.5, 0.6) is 5.75 Å². The van der Waals surface area contributed by atoms with Crippen LogP contribution < -0.4 is 15.0 Å². The molecule has 1 aliphatic rings. The minimum Gasteiger partial charge on any atom is -0.449 e. The monoisotopic (exact) mass is 450 g/mol. The van der Waals surface area contributed by atoms with E-state index >= 15 is 0 Å². The van der Waals surface area contributed by atoms with Gasteiger partial charge in [-0.25, -0.2) is 4.39 Å². The zero-order chi connectivity index (χ0) is 22.7. The maximum Gasteiger partial charge on any atom is 0.294 e. The average Bonchev–Trinajstić information content (AvgIpc) is 2.79. The van der Waals surface area contributed by atoms with Crippen LogP contribution >= 0.6 is 11.6 Å². The highest BCUT2D eigenvalue weighted by Crippen LogP contribution is 2.36. The zero-order valence-corrected chi connectivity index (χ0v) is 18.0. The lowest BCUT2D eigenvalue weighted by Gasteiger charge is -2.30. The molecule has 1 unspecified atom stereocenters. The normalized spacial score (nSPS) is 15.2. The van der Waals surface area contributed by atoms with Crippen molar-refractivity contribution in [1.82, 2.24) is 5.32 Å². The third kappa shape index (κ3) is 4.50. The molecule has 7 heteroatoms. The highest BCUT2D eigenvalue weighted by Gasteiger charge is 2.32. The highest BCUT2D eigenvalue weighted by atomic mass is 35.5. The number of ether oxygens (including phenoxy) is 1. The van der Waals surface area contributed by atoms with Gasteiger partial charge in [0.25, 0.3) is 5.91 Å². The standard InChI is InChI=1S/C25H20ClFN2O3/c1-16(17-8-3-2-4-9-17)28-24(30)15-29-21-12-5-6-13-22(21)32-23(25(29)31)14-18-19(26)10-7-11-20(18)27/h2-14,16H,15H2,1H3,(H,28,30)/b23-14-. The Bertz CT molecular complexity index is 1180. The van der Waals surface area contributed by atoms with Crippen LogP contribution in [0.1, 0.15) is 24.1 Å². The van der Waals surface area contributed by atoms with Crippen molar-refractivity contribution in [3.63, 3.8) is 0 Å². The Balaban J connectivity index is 1.61. The molecule has 0 spiro atoms. The van der Waals surface area contributed by atoms with E-state index in [1.165, 1.54) is 29.2 Å². The highest BCUT2D eigenvalue weighted by molar-refractivity contribution is 6.32. The molecular weight excluding hydrogens is 431 g/mol. The van der Waals surface area contributed by atoms with E-state index in [1.807, 2.05) is 37.3 Å². The molecule has 0 saturated heterocycles. The van der Waals surface area contributed by atoms with Crippen molar-refractivity contribution < 1.29 is 18.7 Å². The Morgan fingerprint density at radius 2 is 1.81 bits per heavy atom. The van der Waals surface area contributed by atoms with Crippen molar-refractivity contribution in [2.75, 3.05) is 11.4 Å². The lowest BCUT2D eigenvalue weighted by Crippen LogP contribution is -2.44. The summed E-state index contributed by atoms with van der Waals surface area (Å²) in [4.78, 5) is 27.3. The van der Waals surface area contributed by atoms with E-state index in [4.69, 9.17) is 16.3 Å². The molecular formula is C25H20ClFN2O3. The van der Waals surface area contributed by atoms with Gasteiger partial charge in [0, 0.05) is 5.56 Å². The fourth-order valence-corrected chi connectivity index (χ4v) is 3.67. The molecule has 1 atom stereocenters. The van der Waals surface area contributed by atoms with E-state index in [0.29, 0.717) is 11.4 Å². The molecule has 3 aromatic rings. The molecule has 32 heavy (non-hydrogen) atoms. The lowest BCUT2D eigenvalue weighted by molar-refractivity contribution is -0.123. The molecule has 3 aromatic carbocycles. The van der Waals surface area contributed by atoms with Crippen LogP contribution in [0, 0.1) is 5.82 Å². The van der Waals surface area contributed by atoms with Crippen LogP contribution in [0.15, 0.2) is 78.6 Å². The first kappa shape index (κ1) is 21.6. The quantitative estimate of drug-likeness (QED) is 0.549. The van der Waals surface area contributed by atoms with Crippen LogP contribution in [0.25, 0.3) is 6.08 Å². The molecule has 2 amide bonds. The number of nitrogens with one attached hydrogen (secondary N) is 1. The number of anilines is 1. The van der Waals surface area contributed by atoms with Crippen molar-refractivity contribution >= 4 is 35.2 Å². The maximum atomic E-state index is 14.3. The van der Waals surface area contributed by atoms with Crippen LogP contribution in [0.4, 0.5) is 10.1 Å². The van der Waals surface area contributed by atoms with Crippen LogP contribution in [-0.4, -0.2) is 18.4 Å². The molecule has 1 heterocycles. The third-order valence-electron chi connectivity index (χ3n) is 5.09. The molecule has 162 valence electrons. The Morgan fingerprint density at radius 3 is 2.56 bits per heavy atom. The minimum atomic E-state index is -0.582. The first-order valence-electron chi connectivity index (χ1n) is 10.0. The van der Waals surface area contributed by atoms with Crippen molar-refractivity contribution in [3.8, 4) is 5.75 Å². The molecule has 4 rings (SSSR count). The summed E-state index contributed by atoms with van der Waals surface area (Å²) in [6.45, 7) is 1.65. The third-order valence-corrected chi connectivity index (χ3v) is 5.42. The van der Waals surface area contributed by atoms with Crippen LogP contribution in [0.2, 0.25) is 5.02 Å². The Hall–Kier alpha value is -3.64. The molecule has 0 aliphatic carbocycles. The second kappa shape index (κ2) is 9.24. The second-order valence-corrected chi connectivity index (χ2v) is 7.71. The van der Waals surface area contributed by atoms with Crippen LogP contribution in [0.3, 0.4) is 0 Å². The van der Waals surface area contributed by atoms with Gasteiger partial charge in [-0.05, 0) is 42.8 Å². The number of nitrogens with zero attached hydrogens (tertiary/aromatic N) is 1. The van der Waals surface area contributed by atoms with Gasteiger partial charge in [-0.3, -0.25) is 14.5 Å². The number of hydrogen-bond acceptors (Lipinski definition) is 3. The number of carbonyl (C=O) groups is 2. The van der Waals surface area contributed by atoms with Crippen molar-refractivity contribution in [2.24, 2.45) is 0 Å². The van der Waals surface area contributed by atoms with Gasteiger partial charge in [0.05, 0.1) is 16.8 Å². The van der Waals surface area contributed by atoms with E-state index in [2.05, 4.69) is 5.32 Å². The molecule has 1 aliphatic heterocycles. The van der Waals surface area contributed by atoms with Crippen LogP contribution in [-0.2, 0) is 9.59 Å². The zero-order valence-electron chi connectivity index (χ0n) is 17.2. The van der Waals surface area contributed by atoms with Gasteiger partial charge in [-0.1, -0.05) is 60.1 Å². The number of carbonyl (C=O) groups excluding carboxylic acids is 2. The number of para-hydroxylation sites is 2. The topological polar surface area (TPSA) is 58.6 Å². The van der Waals surface area contributed by atoms with E-state index in [9.17, 15) is 14.0 Å². The number of hydrogen-bond donors (Lipinski definition) is 1. The molecule has 0 saturated carbocycles. The average molecular weight is 451 g/mol. The van der Waals surface area contributed by atoms with Gasteiger partial charge in [-0.2, -0.15) is 0 Å². The maximum absolute atomic E-state index is 14.3. The van der Waals surface area contributed by atoms with Crippen molar-refractivity contribution in [1.29, 1.82) is 0 Å². The van der Waals surface area contributed by atoms with Crippen molar-refractivity contribution in [3.05, 3.63) is 101 Å². The second-order valence-electron chi connectivity index (χ2n) is 7.30. The molecule has 0 fully saturated rings. The first-order chi connectivity index (χ1) is 15.4. The summed E-state index contributed by atoms with van der Waals surface area (Å²) in [5, 5.41) is 3.05. The number of halogens is 2. The molecule has 0 aromatic heterocycles.